The molecule has 10 heteroatoms. The molecule has 1 aromatic carbocycles. The zero-order valence-corrected chi connectivity index (χ0v) is 19.2. The maximum Gasteiger partial charge on any atom is 0.261 e. The molecule has 3 N–H and O–H groups in total. The van der Waals surface area contributed by atoms with E-state index in [9.17, 15) is 9.18 Å². The highest BCUT2D eigenvalue weighted by atomic mass is 35.5. The Bertz CT molecular complexity index is 1270. The number of anilines is 2. The fourth-order valence-electron chi connectivity index (χ4n) is 3.98. The highest BCUT2D eigenvalue weighted by Gasteiger charge is 2.23. The Kier molecular flexibility index (Phi) is 6.26. The molecule has 170 valence electrons. The molecule has 1 aliphatic heterocycles. The summed E-state index contributed by atoms with van der Waals surface area (Å²) in [7, 11) is 0. The van der Waals surface area contributed by atoms with E-state index >= 15 is 0 Å². The Balaban J connectivity index is 1.24. The van der Waals surface area contributed by atoms with Crippen molar-refractivity contribution in [3.8, 4) is 0 Å². The minimum Gasteiger partial charge on any atom is -0.364 e. The van der Waals surface area contributed by atoms with Crippen LogP contribution in [0.25, 0.3) is 10.2 Å². The number of amides is 1. The lowest BCUT2D eigenvalue weighted by atomic mass is 10.0. The molecule has 0 atom stereocenters. The molecule has 0 aliphatic carbocycles. The number of aromatic nitrogens is 3. The molecule has 0 saturated carbocycles. The summed E-state index contributed by atoms with van der Waals surface area (Å²) >= 11 is 7.20. The van der Waals surface area contributed by atoms with Gasteiger partial charge in [-0.25, -0.2) is 14.4 Å². The number of piperidine rings is 1. The Morgan fingerprint density at radius 3 is 2.85 bits per heavy atom. The Labute approximate surface area is 199 Å². The van der Waals surface area contributed by atoms with Gasteiger partial charge in [0.2, 0.25) is 0 Å². The lowest BCUT2D eigenvalue weighted by molar-refractivity contribution is 0.0912. The van der Waals surface area contributed by atoms with Crippen LogP contribution in [-0.2, 0) is 6.54 Å². The van der Waals surface area contributed by atoms with Crippen LogP contribution in [0.3, 0.4) is 0 Å². The van der Waals surface area contributed by atoms with Gasteiger partial charge in [-0.2, -0.15) is 0 Å². The topological polar surface area (TPSA) is 85.9 Å². The second kappa shape index (κ2) is 9.46. The third kappa shape index (κ3) is 5.00. The van der Waals surface area contributed by atoms with Crippen molar-refractivity contribution < 1.29 is 9.18 Å². The molecular weight excluding hydrogens is 463 g/mol. The molecular formula is C23H22ClFN6OS. The van der Waals surface area contributed by atoms with Gasteiger partial charge in [-0.05, 0) is 49.2 Å². The Morgan fingerprint density at radius 1 is 1.24 bits per heavy atom. The van der Waals surface area contributed by atoms with Crippen molar-refractivity contribution in [2.24, 2.45) is 0 Å². The number of hydrogen-bond donors (Lipinski definition) is 3. The second-order valence-corrected chi connectivity index (χ2v) is 9.46. The number of carbonyl (C=O) groups excluding carboxylic acids is 1. The molecule has 3 aromatic heterocycles. The molecule has 5 rings (SSSR count). The first-order valence-electron chi connectivity index (χ1n) is 10.7. The quantitative estimate of drug-likeness (QED) is 0.360. The van der Waals surface area contributed by atoms with E-state index in [0.717, 1.165) is 37.9 Å². The molecule has 0 unspecified atom stereocenters. The van der Waals surface area contributed by atoms with Crippen molar-refractivity contribution in [2.45, 2.75) is 25.4 Å². The van der Waals surface area contributed by atoms with Gasteiger partial charge in [0.15, 0.2) is 0 Å². The average Bonchev–Trinajstić information content (AvgIpc) is 3.48. The number of fused-ring (bicyclic) bond motifs is 1. The highest BCUT2D eigenvalue weighted by Crippen LogP contribution is 2.31. The van der Waals surface area contributed by atoms with E-state index in [1.165, 1.54) is 35.5 Å². The normalized spacial score (nSPS) is 15.1. The molecule has 1 saturated heterocycles. The average molecular weight is 485 g/mol. The largest absolute Gasteiger partial charge is 0.364 e. The van der Waals surface area contributed by atoms with Crippen LogP contribution in [0.4, 0.5) is 15.9 Å². The number of likely N-dealkylation sites (tertiary alicyclic amines) is 1. The van der Waals surface area contributed by atoms with Crippen LogP contribution in [0.15, 0.2) is 48.9 Å². The lowest BCUT2D eigenvalue weighted by Gasteiger charge is -2.31. The van der Waals surface area contributed by atoms with Gasteiger partial charge in [-0.1, -0.05) is 11.6 Å². The zero-order valence-electron chi connectivity index (χ0n) is 17.6. The van der Waals surface area contributed by atoms with E-state index in [1.54, 1.807) is 12.1 Å². The molecule has 1 aliphatic rings. The summed E-state index contributed by atoms with van der Waals surface area (Å²) in [6.07, 6.45) is 5.20. The van der Waals surface area contributed by atoms with Crippen LogP contribution in [0.2, 0.25) is 5.02 Å². The van der Waals surface area contributed by atoms with Crippen LogP contribution >= 0.6 is 22.9 Å². The third-order valence-corrected chi connectivity index (χ3v) is 7.05. The van der Waals surface area contributed by atoms with Gasteiger partial charge in [0, 0.05) is 43.3 Å². The van der Waals surface area contributed by atoms with Gasteiger partial charge in [0.1, 0.15) is 22.8 Å². The zero-order chi connectivity index (χ0) is 22.8. The second-order valence-electron chi connectivity index (χ2n) is 8.02. The van der Waals surface area contributed by atoms with Crippen LogP contribution in [-0.4, -0.2) is 44.9 Å². The predicted molar refractivity (Wildman–Crippen MR) is 129 cm³/mol. The predicted octanol–water partition coefficient (Wildman–Crippen LogP) is 4.95. The molecule has 7 nitrogen and oxygen atoms in total. The highest BCUT2D eigenvalue weighted by molar-refractivity contribution is 7.20. The maximum absolute atomic E-state index is 13.4. The lowest BCUT2D eigenvalue weighted by Crippen LogP contribution is -2.44. The molecule has 4 heterocycles. The fraction of sp³-hybridized carbons (Fsp3) is 0.261. The van der Waals surface area contributed by atoms with Gasteiger partial charge in [-0.15, -0.1) is 11.3 Å². The van der Waals surface area contributed by atoms with Gasteiger partial charge in [0.25, 0.3) is 5.91 Å². The first kappa shape index (κ1) is 21.8. The minimum atomic E-state index is -0.486. The van der Waals surface area contributed by atoms with Crippen molar-refractivity contribution in [2.75, 3.05) is 18.4 Å². The summed E-state index contributed by atoms with van der Waals surface area (Å²) in [5.41, 5.74) is 1.81. The van der Waals surface area contributed by atoms with Gasteiger partial charge in [0.05, 0.1) is 15.3 Å². The van der Waals surface area contributed by atoms with Crippen LogP contribution in [0.5, 0.6) is 0 Å². The van der Waals surface area contributed by atoms with Gasteiger partial charge >= 0.3 is 0 Å². The maximum atomic E-state index is 13.4. The fourth-order valence-corrected chi connectivity index (χ4v) is 5.06. The Hall–Kier alpha value is -3.01. The molecule has 33 heavy (non-hydrogen) atoms. The monoisotopic (exact) mass is 484 g/mol. The molecule has 1 fully saturated rings. The van der Waals surface area contributed by atoms with E-state index in [2.05, 4.69) is 36.6 Å². The number of aromatic amines is 1. The summed E-state index contributed by atoms with van der Waals surface area (Å²) in [5, 5.41) is 7.06. The summed E-state index contributed by atoms with van der Waals surface area (Å²) in [5.74, 6) is -0.0492. The van der Waals surface area contributed by atoms with Crippen molar-refractivity contribution in [3.05, 3.63) is 70.3 Å². The number of rotatable bonds is 6. The molecule has 4 aromatic rings. The van der Waals surface area contributed by atoms with Crippen LogP contribution in [0.1, 0.15) is 28.2 Å². The van der Waals surface area contributed by atoms with E-state index in [1.807, 2.05) is 12.3 Å². The summed E-state index contributed by atoms with van der Waals surface area (Å²) < 4.78 is 13.4. The number of nitrogens with zero attached hydrogens (tertiary/aromatic N) is 3. The smallest absolute Gasteiger partial charge is 0.261 e. The number of halogens is 2. The number of thiophene rings is 1. The van der Waals surface area contributed by atoms with Crippen LogP contribution < -0.4 is 10.6 Å². The SMILES string of the molecule is O=C(NC1CCN(Cc2ccc[nH]2)CC1)c1cc2c(Nc3ccc(F)c(Cl)c3)ncnc2s1. The van der Waals surface area contributed by atoms with Crippen LogP contribution in [0, 0.1) is 5.82 Å². The van der Waals surface area contributed by atoms with Gasteiger partial charge in [-0.3, -0.25) is 9.69 Å². The Morgan fingerprint density at radius 2 is 2.09 bits per heavy atom. The van der Waals surface area contributed by atoms with E-state index < -0.39 is 5.82 Å². The summed E-state index contributed by atoms with van der Waals surface area (Å²) in [6.45, 7) is 2.78. The van der Waals surface area contributed by atoms with Crippen molar-refractivity contribution >= 4 is 50.6 Å². The van der Waals surface area contributed by atoms with Crippen molar-refractivity contribution in [1.29, 1.82) is 0 Å². The number of hydrogen-bond acceptors (Lipinski definition) is 6. The minimum absolute atomic E-state index is 0.0228. The molecule has 0 radical (unpaired) electrons. The third-order valence-electron chi connectivity index (χ3n) is 5.71. The summed E-state index contributed by atoms with van der Waals surface area (Å²) in [6, 6.07) is 10.4. The van der Waals surface area contributed by atoms with Crippen molar-refractivity contribution in [3.63, 3.8) is 0 Å². The van der Waals surface area contributed by atoms with Gasteiger partial charge < -0.3 is 15.6 Å². The molecule has 0 spiro atoms. The molecule has 0 bridgehead atoms. The number of benzene rings is 1. The first-order chi connectivity index (χ1) is 16.0. The van der Waals surface area contributed by atoms with Crippen molar-refractivity contribution in [1.82, 2.24) is 25.2 Å². The van der Waals surface area contributed by atoms with E-state index in [0.29, 0.717) is 21.2 Å². The summed E-state index contributed by atoms with van der Waals surface area (Å²) in [4.78, 5) is 28.4. The first-order valence-corrected chi connectivity index (χ1v) is 11.9. The van der Waals surface area contributed by atoms with E-state index in [4.69, 9.17) is 11.6 Å². The van der Waals surface area contributed by atoms with E-state index in [-0.39, 0.29) is 17.0 Å². The number of carbonyl (C=O) groups is 1. The molecule has 1 amide bonds. The number of H-pyrrole nitrogens is 1. The standard InChI is InChI=1S/C23H22ClFN6OS/c24-18-10-15(3-4-19(18)25)29-21-17-11-20(33-23(17)28-13-27-21)22(32)30-14-5-8-31(9-6-14)12-16-2-1-7-26-16/h1-4,7,10-11,13-14,26H,5-6,8-9,12H2,(H,30,32)(H,27,28,29). The number of nitrogens with one attached hydrogen (secondary N) is 3.